The van der Waals surface area contributed by atoms with Crippen molar-refractivity contribution in [2.24, 2.45) is 0 Å². The molecule has 0 spiro atoms. The first-order chi connectivity index (χ1) is 11.2. The van der Waals surface area contributed by atoms with E-state index in [9.17, 15) is 5.11 Å². The van der Waals surface area contributed by atoms with Crippen molar-refractivity contribution in [2.75, 3.05) is 38.2 Å². The summed E-state index contributed by atoms with van der Waals surface area (Å²) < 4.78 is 5.90. The van der Waals surface area contributed by atoms with Gasteiger partial charge in [0.15, 0.2) is 11.5 Å². The number of methoxy groups -OCH3 is 1. The van der Waals surface area contributed by atoms with Gasteiger partial charge in [0.2, 0.25) is 0 Å². The molecule has 1 heterocycles. The molecule has 1 fully saturated rings. The van der Waals surface area contributed by atoms with Crippen molar-refractivity contribution in [3.8, 4) is 11.5 Å². The summed E-state index contributed by atoms with van der Waals surface area (Å²) in [5.41, 5.74) is 2.43. The van der Waals surface area contributed by atoms with E-state index in [-0.39, 0.29) is 5.75 Å². The number of halogens is 1. The number of hydrogen-bond acceptors (Lipinski definition) is 4. The quantitative estimate of drug-likeness (QED) is 0.885. The number of benzene rings is 2. The molecule has 5 heteroatoms. The summed E-state index contributed by atoms with van der Waals surface area (Å²) >= 11 is 3.39. The summed E-state index contributed by atoms with van der Waals surface area (Å²) in [6.45, 7) is 4.96. The lowest BCUT2D eigenvalue weighted by Gasteiger charge is -2.36. The van der Waals surface area contributed by atoms with Gasteiger partial charge >= 0.3 is 0 Å². The van der Waals surface area contributed by atoms with E-state index in [1.54, 1.807) is 7.11 Å². The van der Waals surface area contributed by atoms with Gasteiger partial charge in [-0.15, -0.1) is 0 Å². The second-order valence-corrected chi connectivity index (χ2v) is 6.58. The number of piperazine rings is 1. The number of para-hydroxylation sites is 1. The van der Waals surface area contributed by atoms with Crippen molar-refractivity contribution in [3.63, 3.8) is 0 Å². The smallest absolute Gasteiger partial charge is 0.172 e. The van der Waals surface area contributed by atoms with Crippen LogP contribution in [0.15, 0.2) is 46.9 Å². The third kappa shape index (κ3) is 3.79. The van der Waals surface area contributed by atoms with Gasteiger partial charge in [0.05, 0.1) is 11.6 Å². The van der Waals surface area contributed by atoms with Crippen molar-refractivity contribution in [1.82, 2.24) is 4.90 Å². The average molecular weight is 377 g/mol. The Morgan fingerprint density at radius 1 is 1.09 bits per heavy atom. The molecule has 0 radical (unpaired) electrons. The number of hydrogen-bond donors (Lipinski definition) is 1. The van der Waals surface area contributed by atoms with Crippen LogP contribution in [0.1, 0.15) is 5.56 Å². The van der Waals surface area contributed by atoms with Gasteiger partial charge < -0.3 is 14.7 Å². The molecule has 0 aliphatic carbocycles. The summed E-state index contributed by atoms with van der Waals surface area (Å²) in [7, 11) is 1.57. The molecule has 4 nitrogen and oxygen atoms in total. The Balaban J connectivity index is 1.62. The van der Waals surface area contributed by atoms with Crippen LogP contribution in [0.2, 0.25) is 0 Å². The maximum absolute atomic E-state index is 9.90. The summed E-state index contributed by atoms with van der Waals surface area (Å²) in [5.74, 6) is 0.669. The summed E-state index contributed by atoms with van der Waals surface area (Å²) in [5, 5.41) is 9.90. The maximum Gasteiger partial charge on any atom is 0.172 e. The van der Waals surface area contributed by atoms with Crippen molar-refractivity contribution in [3.05, 3.63) is 52.5 Å². The minimum absolute atomic E-state index is 0.158. The zero-order valence-electron chi connectivity index (χ0n) is 13.2. The molecule has 0 saturated carbocycles. The summed E-state index contributed by atoms with van der Waals surface area (Å²) in [4.78, 5) is 4.85. The lowest BCUT2D eigenvalue weighted by molar-refractivity contribution is 0.249. The van der Waals surface area contributed by atoms with E-state index in [0.29, 0.717) is 10.2 Å². The highest BCUT2D eigenvalue weighted by Crippen LogP contribution is 2.35. The van der Waals surface area contributed by atoms with E-state index in [0.717, 1.165) is 38.3 Å². The van der Waals surface area contributed by atoms with E-state index < -0.39 is 0 Å². The molecule has 2 aromatic rings. The number of ether oxygens (including phenoxy) is 1. The second kappa shape index (κ2) is 7.23. The van der Waals surface area contributed by atoms with Crippen LogP contribution in [0.3, 0.4) is 0 Å². The number of rotatable bonds is 4. The van der Waals surface area contributed by atoms with Gasteiger partial charge in [-0.1, -0.05) is 18.2 Å². The number of anilines is 1. The first-order valence-electron chi connectivity index (χ1n) is 7.75. The van der Waals surface area contributed by atoms with Crippen molar-refractivity contribution >= 4 is 21.6 Å². The van der Waals surface area contributed by atoms with Crippen LogP contribution in [0.25, 0.3) is 0 Å². The first kappa shape index (κ1) is 16.1. The Morgan fingerprint density at radius 2 is 1.78 bits per heavy atom. The predicted molar refractivity (Wildman–Crippen MR) is 96.3 cm³/mol. The highest BCUT2D eigenvalue weighted by molar-refractivity contribution is 9.10. The fraction of sp³-hybridized carbons (Fsp3) is 0.333. The predicted octanol–water partition coefficient (Wildman–Crippen LogP) is 3.49. The van der Waals surface area contributed by atoms with Gasteiger partial charge in [-0.25, -0.2) is 0 Å². The third-order valence-corrected chi connectivity index (χ3v) is 4.81. The normalized spacial score (nSPS) is 15.7. The summed E-state index contributed by atoms with van der Waals surface area (Å²) in [6, 6.07) is 14.4. The zero-order chi connectivity index (χ0) is 16.2. The maximum atomic E-state index is 9.90. The molecule has 122 valence electrons. The molecule has 0 amide bonds. The van der Waals surface area contributed by atoms with Crippen LogP contribution in [0.5, 0.6) is 11.5 Å². The van der Waals surface area contributed by atoms with Crippen LogP contribution in [-0.2, 0) is 6.54 Å². The molecule has 0 aromatic heterocycles. The highest BCUT2D eigenvalue weighted by Gasteiger charge is 2.18. The van der Waals surface area contributed by atoms with Crippen LogP contribution >= 0.6 is 15.9 Å². The molecule has 1 aliphatic heterocycles. The molecular weight excluding hydrogens is 356 g/mol. The van der Waals surface area contributed by atoms with E-state index >= 15 is 0 Å². The summed E-state index contributed by atoms with van der Waals surface area (Å²) in [6.07, 6.45) is 0. The highest BCUT2D eigenvalue weighted by atomic mass is 79.9. The minimum Gasteiger partial charge on any atom is -0.503 e. The largest absolute Gasteiger partial charge is 0.503 e. The monoisotopic (exact) mass is 376 g/mol. The number of aromatic hydroxyl groups is 1. The molecule has 0 bridgehead atoms. The Morgan fingerprint density at radius 3 is 2.43 bits per heavy atom. The Bertz CT molecular complexity index is 656. The number of phenols is 1. The van der Waals surface area contributed by atoms with Crippen molar-refractivity contribution in [1.29, 1.82) is 0 Å². The molecule has 0 unspecified atom stereocenters. The van der Waals surface area contributed by atoms with Gasteiger partial charge in [-0.05, 0) is 45.8 Å². The molecule has 1 N–H and O–H groups in total. The van der Waals surface area contributed by atoms with Gasteiger partial charge in [0.1, 0.15) is 0 Å². The van der Waals surface area contributed by atoms with Crippen molar-refractivity contribution < 1.29 is 9.84 Å². The molecule has 1 aliphatic rings. The molecule has 2 aromatic carbocycles. The Kier molecular flexibility index (Phi) is 5.08. The van der Waals surface area contributed by atoms with Gasteiger partial charge in [-0.2, -0.15) is 0 Å². The second-order valence-electron chi connectivity index (χ2n) is 5.73. The molecular formula is C18H21BrN2O2. The Labute approximate surface area is 145 Å². The van der Waals surface area contributed by atoms with Crippen LogP contribution < -0.4 is 9.64 Å². The lowest BCUT2D eigenvalue weighted by atomic mass is 10.1. The number of phenolic OH excluding ortho intramolecular Hbond substituents is 1. The fourth-order valence-corrected chi connectivity index (χ4v) is 3.42. The SMILES string of the molecule is COc1cc(CN2CCN(c3ccccc3)CC2)cc(Br)c1O. The van der Waals surface area contributed by atoms with E-state index in [1.807, 2.05) is 12.1 Å². The molecule has 3 rings (SSSR count). The minimum atomic E-state index is 0.158. The van der Waals surface area contributed by atoms with Gasteiger partial charge in [0, 0.05) is 38.4 Å². The topological polar surface area (TPSA) is 35.9 Å². The molecule has 1 saturated heterocycles. The molecule has 23 heavy (non-hydrogen) atoms. The van der Waals surface area contributed by atoms with E-state index in [4.69, 9.17) is 4.74 Å². The number of nitrogens with zero attached hydrogens (tertiary/aromatic N) is 2. The molecule has 0 atom stereocenters. The fourth-order valence-electron chi connectivity index (χ4n) is 2.94. The average Bonchev–Trinajstić information content (AvgIpc) is 2.59. The van der Waals surface area contributed by atoms with Crippen molar-refractivity contribution in [2.45, 2.75) is 6.54 Å². The van der Waals surface area contributed by atoms with Gasteiger partial charge in [0.25, 0.3) is 0 Å². The van der Waals surface area contributed by atoms with Gasteiger partial charge in [-0.3, -0.25) is 4.90 Å². The first-order valence-corrected chi connectivity index (χ1v) is 8.54. The van der Waals surface area contributed by atoms with Crippen LogP contribution in [0, 0.1) is 0 Å². The zero-order valence-corrected chi connectivity index (χ0v) is 14.8. The standard InChI is InChI=1S/C18H21BrN2O2/c1-23-17-12-14(11-16(19)18(17)22)13-20-7-9-21(10-8-20)15-5-3-2-4-6-15/h2-6,11-12,22H,7-10,13H2,1H3. The van der Waals surface area contributed by atoms with E-state index in [1.165, 1.54) is 5.69 Å². The Hall–Kier alpha value is -1.72. The third-order valence-electron chi connectivity index (χ3n) is 4.21. The van der Waals surface area contributed by atoms with Crippen LogP contribution in [-0.4, -0.2) is 43.3 Å². The van der Waals surface area contributed by atoms with Crippen LogP contribution in [0.4, 0.5) is 5.69 Å². The lowest BCUT2D eigenvalue weighted by Crippen LogP contribution is -2.45. The van der Waals surface area contributed by atoms with E-state index in [2.05, 4.69) is 56.1 Å².